The standard InChI is InChI=1S/C14H22N2O3S/c1-3-13-10-16(6-7-19-13)20(17,18)14-5-4-12(9-15)8-11(14)2/h4-5,8,13H,3,6-7,9-10,15H2,1-2H3. The molecule has 1 heterocycles. The average molecular weight is 298 g/mol. The fourth-order valence-electron chi connectivity index (χ4n) is 2.42. The highest BCUT2D eigenvalue weighted by atomic mass is 32.2. The Morgan fingerprint density at radius 1 is 1.45 bits per heavy atom. The predicted molar refractivity (Wildman–Crippen MR) is 77.9 cm³/mol. The number of benzene rings is 1. The fourth-order valence-corrected chi connectivity index (χ4v) is 4.09. The molecule has 1 fully saturated rings. The Hall–Kier alpha value is -0.950. The summed E-state index contributed by atoms with van der Waals surface area (Å²) in [4.78, 5) is 0.367. The first-order valence-electron chi connectivity index (χ1n) is 6.90. The number of morpholine rings is 1. The number of aryl methyl sites for hydroxylation is 1. The number of rotatable bonds is 4. The highest BCUT2D eigenvalue weighted by molar-refractivity contribution is 7.89. The fraction of sp³-hybridized carbons (Fsp3) is 0.571. The minimum absolute atomic E-state index is 0.0119. The highest BCUT2D eigenvalue weighted by Crippen LogP contribution is 2.23. The normalized spacial score (nSPS) is 21.1. The number of hydrogen-bond acceptors (Lipinski definition) is 4. The number of ether oxygens (including phenoxy) is 1. The Labute approximate surface area is 120 Å². The van der Waals surface area contributed by atoms with Gasteiger partial charge in [0.25, 0.3) is 0 Å². The van der Waals surface area contributed by atoms with Crippen molar-refractivity contribution in [1.29, 1.82) is 0 Å². The molecule has 0 spiro atoms. The maximum absolute atomic E-state index is 12.7. The Morgan fingerprint density at radius 3 is 2.80 bits per heavy atom. The summed E-state index contributed by atoms with van der Waals surface area (Å²) in [5, 5.41) is 0. The molecule has 2 rings (SSSR count). The van der Waals surface area contributed by atoms with Crippen molar-refractivity contribution in [3.63, 3.8) is 0 Å². The van der Waals surface area contributed by atoms with Gasteiger partial charge in [-0.3, -0.25) is 0 Å². The topological polar surface area (TPSA) is 72.6 Å². The molecule has 1 unspecified atom stereocenters. The van der Waals surface area contributed by atoms with E-state index in [1.807, 2.05) is 19.9 Å². The van der Waals surface area contributed by atoms with Crippen molar-refractivity contribution in [2.24, 2.45) is 5.73 Å². The van der Waals surface area contributed by atoms with Crippen LogP contribution in [0.4, 0.5) is 0 Å². The summed E-state index contributed by atoms with van der Waals surface area (Å²) in [6.45, 7) is 5.52. The summed E-state index contributed by atoms with van der Waals surface area (Å²) >= 11 is 0. The van der Waals surface area contributed by atoms with E-state index in [2.05, 4.69) is 0 Å². The minimum Gasteiger partial charge on any atom is -0.375 e. The maximum atomic E-state index is 12.7. The van der Waals surface area contributed by atoms with Crippen molar-refractivity contribution in [3.05, 3.63) is 29.3 Å². The first kappa shape index (κ1) is 15.4. The van der Waals surface area contributed by atoms with Gasteiger partial charge >= 0.3 is 0 Å². The molecular formula is C14H22N2O3S. The second-order valence-corrected chi connectivity index (χ2v) is 6.97. The molecule has 6 heteroatoms. The molecule has 1 saturated heterocycles. The lowest BCUT2D eigenvalue weighted by molar-refractivity contribution is -0.00278. The molecule has 112 valence electrons. The Morgan fingerprint density at radius 2 is 2.20 bits per heavy atom. The monoisotopic (exact) mass is 298 g/mol. The zero-order chi connectivity index (χ0) is 14.8. The quantitative estimate of drug-likeness (QED) is 0.908. The third-order valence-corrected chi connectivity index (χ3v) is 5.68. The van der Waals surface area contributed by atoms with E-state index in [0.717, 1.165) is 17.5 Å². The van der Waals surface area contributed by atoms with Crippen molar-refractivity contribution in [2.75, 3.05) is 19.7 Å². The first-order chi connectivity index (χ1) is 9.48. The van der Waals surface area contributed by atoms with Crippen LogP contribution in [0.25, 0.3) is 0 Å². The van der Waals surface area contributed by atoms with Gasteiger partial charge in [-0.25, -0.2) is 8.42 Å². The van der Waals surface area contributed by atoms with Crippen molar-refractivity contribution in [3.8, 4) is 0 Å². The second-order valence-electron chi connectivity index (χ2n) is 5.07. The van der Waals surface area contributed by atoms with Crippen LogP contribution in [0, 0.1) is 6.92 Å². The molecule has 0 saturated carbocycles. The van der Waals surface area contributed by atoms with Crippen molar-refractivity contribution in [2.45, 2.75) is 37.8 Å². The van der Waals surface area contributed by atoms with Crippen LogP contribution >= 0.6 is 0 Å². The van der Waals surface area contributed by atoms with Crippen LogP contribution in [-0.2, 0) is 21.3 Å². The summed E-state index contributed by atoms with van der Waals surface area (Å²) in [7, 11) is -3.45. The van der Waals surface area contributed by atoms with Gasteiger partial charge in [-0.05, 0) is 30.5 Å². The van der Waals surface area contributed by atoms with Crippen molar-refractivity contribution in [1.82, 2.24) is 4.31 Å². The van der Waals surface area contributed by atoms with Crippen LogP contribution in [-0.4, -0.2) is 38.5 Å². The summed E-state index contributed by atoms with van der Waals surface area (Å²) < 4.78 is 32.5. The summed E-state index contributed by atoms with van der Waals surface area (Å²) in [5.41, 5.74) is 7.26. The molecule has 1 aliphatic rings. The predicted octanol–water partition coefficient (Wildman–Crippen LogP) is 1.25. The van der Waals surface area contributed by atoms with Gasteiger partial charge in [-0.15, -0.1) is 0 Å². The third kappa shape index (κ3) is 3.03. The lowest BCUT2D eigenvalue weighted by atomic mass is 10.1. The van der Waals surface area contributed by atoms with Crippen LogP contribution in [0.3, 0.4) is 0 Å². The van der Waals surface area contributed by atoms with E-state index >= 15 is 0 Å². The van der Waals surface area contributed by atoms with Crippen LogP contribution in [0.2, 0.25) is 0 Å². The van der Waals surface area contributed by atoms with Gasteiger partial charge in [0.05, 0.1) is 17.6 Å². The summed E-state index contributed by atoms with van der Waals surface area (Å²) in [5.74, 6) is 0. The molecule has 1 atom stereocenters. The highest BCUT2D eigenvalue weighted by Gasteiger charge is 2.30. The van der Waals surface area contributed by atoms with Crippen molar-refractivity contribution >= 4 is 10.0 Å². The Balaban J connectivity index is 2.30. The zero-order valence-electron chi connectivity index (χ0n) is 12.0. The van der Waals surface area contributed by atoms with Crippen LogP contribution in [0.5, 0.6) is 0 Å². The van der Waals surface area contributed by atoms with Gasteiger partial charge in [-0.2, -0.15) is 4.31 Å². The van der Waals surface area contributed by atoms with Crippen molar-refractivity contribution < 1.29 is 13.2 Å². The molecule has 5 nitrogen and oxygen atoms in total. The van der Waals surface area contributed by atoms with Gasteiger partial charge in [0.2, 0.25) is 10.0 Å². The summed E-state index contributed by atoms with van der Waals surface area (Å²) in [6.07, 6.45) is 0.805. The first-order valence-corrected chi connectivity index (χ1v) is 8.34. The molecule has 0 aromatic heterocycles. The minimum atomic E-state index is -3.45. The molecule has 0 bridgehead atoms. The maximum Gasteiger partial charge on any atom is 0.243 e. The Kier molecular flexibility index (Phi) is 4.80. The molecule has 1 aromatic rings. The van der Waals surface area contributed by atoms with E-state index in [0.29, 0.717) is 31.1 Å². The molecule has 2 N–H and O–H groups in total. The lowest BCUT2D eigenvalue weighted by Crippen LogP contribution is -2.45. The smallest absolute Gasteiger partial charge is 0.243 e. The number of nitrogens with two attached hydrogens (primary N) is 1. The molecular weight excluding hydrogens is 276 g/mol. The van der Waals surface area contributed by atoms with Crippen LogP contribution in [0.1, 0.15) is 24.5 Å². The molecule has 0 radical (unpaired) electrons. The van der Waals surface area contributed by atoms with E-state index in [1.165, 1.54) is 4.31 Å². The summed E-state index contributed by atoms with van der Waals surface area (Å²) in [6, 6.07) is 5.27. The van der Waals surface area contributed by atoms with E-state index in [4.69, 9.17) is 10.5 Å². The molecule has 0 amide bonds. The van der Waals surface area contributed by atoms with Gasteiger partial charge in [-0.1, -0.05) is 19.1 Å². The van der Waals surface area contributed by atoms with E-state index in [9.17, 15) is 8.42 Å². The van der Waals surface area contributed by atoms with Crippen LogP contribution in [0.15, 0.2) is 23.1 Å². The average Bonchev–Trinajstić information content (AvgIpc) is 2.46. The second kappa shape index (κ2) is 6.22. The van der Waals surface area contributed by atoms with Crippen LogP contribution < -0.4 is 5.73 Å². The number of hydrogen-bond donors (Lipinski definition) is 1. The molecule has 20 heavy (non-hydrogen) atoms. The van der Waals surface area contributed by atoms with Gasteiger partial charge in [0.15, 0.2) is 0 Å². The number of sulfonamides is 1. The largest absolute Gasteiger partial charge is 0.375 e. The molecule has 1 aromatic carbocycles. The van der Waals surface area contributed by atoms with E-state index in [-0.39, 0.29) is 6.10 Å². The van der Waals surface area contributed by atoms with Gasteiger partial charge < -0.3 is 10.5 Å². The number of nitrogens with zero attached hydrogens (tertiary/aromatic N) is 1. The van der Waals surface area contributed by atoms with Gasteiger partial charge in [0.1, 0.15) is 0 Å². The van der Waals surface area contributed by atoms with E-state index < -0.39 is 10.0 Å². The van der Waals surface area contributed by atoms with E-state index in [1.54, 1.807) is 12.1 Å². The lowest BCUT2D eigenvalue weighted by Gasteiger charge is -2.32. The Bertz CT molecular complexity index is 572. The third-order valence-electron chi connectivity index (χ3n) is 3.65. The SMILES string of the molecule is CCC1CN(S(=O)(=O)c2ccc(CN)cc2C)CCO1. The molecule has 1 aliphatic heterocycles. The van der Waals surface area contributed by atoms with Gasteiger partial charge in [0, 0.05) is 19.6 Å². The molecule has 0 aliphatic carbocycles. The zero-order valence-corrected chi connectivity index (χ0v) is 12.8.